The van der Waals surface area contributed by atoms with Crippen LogP contribution in [0.25, 0.3) is 0 Å². The molecule has 0 amide bonds. The fourth-order valence-electron chi connectivity index (χ4n) is 1.51. The van der Waals surface area contributed by atoms with Gasteiger partial charge in [-0.1, -0.05) is 31.2 Å². The number of halogens is 3. The standard InChI is InChI=1S/C11H14F3N/c1-3-8-5-4-6-9(7-8)10(15-2)11(12,13)14/h4-7,10,15H,3H2,1-2H3. The fourth-order valence-corrected chi connectivity index (χ4v) is 1.51. The molecule has 1 unspecified atom stereocenters. The summed E-state index contributed by atoms with van der Waals surface area (Å²) in [6.07, 6.45) is -3.51. The van der Waals surface area contributed by atoms with E-state index in [0.717, 1.165) is 12.0 Å². The zero-order chi connectivity index (χ0) is 11.5. The van der Waals surface area contributed by atoms with Crippen LogP contribution in [-0.2, 0) is 6.42 Å². The van der Waals surface area contributed by atoms with Crippen LogP contribution in [0.1, 0.15) is 24.1 Å². The predicted molar refractivity (Wildman–Crippen MR) is 53.7 cm³/mol. The van der Waals surface area contributed by atoms with E-state index >= 15 is 0 Å². The summed E-state index contributed by atoms with van der Waals surface area (Å²) in [5.74, 6) is 0. The van der Waals surface area contributed by atoms with Crippen molar-refractivity contribution in [3.05, 3.63) is 35.4 Å². The van der Waals surface area contributed by atoms with Crippen molar-refractivity contribution in [2.45, 2.75) is 25.6 Å². The van der Waals surface area contributed by atoms with E-state index in [-0.39, 0.29) is 5.56 Å². The molecule has 0 radical (unpaired) electrons. The molecule has 15 heavy (non-hydrogen) atoms. The summed E-state index contributed by atoms with van der Waals surface area (Å²) in [6.45, 7) is 1.92. The Morgan fingerprint density at radius 3 is 2.47 bits per heavy atom. The van der Waals surface area contributed by atoms with Gasteiger partial charge >= 0.3 is 6.18 Å². The van der Waals surface area contributed by atoms with Gasteiger partial charge in [0.25, 0.3) is 0 Å². The molecular formula is C11H14F3N. The molecule has 0 heterocycles. The molecule has 1 N–H and O–H groups in total. The highest BCUT2D eigenvalue weighted by atomic mass is 19.4. The second kappa shape index (κ2) is 4.66. The molecule has 4 heteroatoms. The number of hydrogen-bond acceptors (Lipinski definition) is 1. The molecule has 0 aliphatic rings. The second-order valence-corrected chi connectivity index (χ2v) is 3.36. The summed E-state index contributed by atoms with van der Waals surface area (Å²) in [4.78, 5) is 0. The molecule has 1 rings (SSSR count). The van der Waals surface area contributed by atoms with E-state index in [0.29, 0.717) is 0 Å². The maximum atomic E-state index is 12.6. The van der Waals surface area contributed by atoms with Gasteiger partial charge in [0.15, 0.2) is 0 Å². The van der Waals surface area contributed by atoms with Crippen molar-refractivity contribution in [1.82, 2.24) is 5.32 Å². The molecule has 0 aliphatic heterocycles. The SMILES string of the molecule is CCc1cccc(C(NC)C(F)(F)F)c1. The molecule has 84 valence electrons. The third kappa shape index (κ3) is 2.96. The molecule has 1 aromatic carbocycles. The molecular weight excluding hydrogens is 203 g/mol. The van der Waals surface area contributed by atoms with Crippen molar-refractivity contribution in [2.24, 2.45) is 0 Å². The summed E-state index contributed by atoms with van der Waals surface area (Å²) in [6, 6.07) is 4.99. The number of benzene rings is 1. The van der Waals surface area contributed by atoms with Crippen LogP contribution in [0.15, 0.2) is 24.3 Å². The van der Waals surface area contributed by atoms with Gasteiger partial charge in [0.05, 0.1) is 0 Å². The monoisotopic (exact) mass is 217 g/mol. The molecule has 0 aliphatic carbocycles. The van der Waals surface area contributed by atoms with Crippen LogP contribution in [0.5, 0.6) is 0 Å². The first-order valence-electron chi connectivity index (χ1n) is 4.81. The average Bonchev–Trinajstić information content (AvgIpc) is 2.17. The smallest absolute Gasteiger partial charge is 0.306 e. The summed E-state index contributed by atoms with van der Waals surface area (Å²) >= 11 is 0. The van der Waals surface area contributed by atoms with Gasteiger partial charge in [-0.3, -0.25) is 0 Å². The molecule has 1 atom stereocenters. The lowest BCUT2D eigenvalue weighted by Crippen LogP contribution is -2.31. The highest BCUT2D eigenvalue weighted by Gasteiger charge is 2.39. The maximum Gasteiger partial charge on any atom is 0.407 e. The first kappa shape index (κ1) is 12.0. The fraction of sp³-hybridized carbons (Fsp3) is 0.455. The zero-order valence-electron chi connectivity index (χ0n) is 8.73. The molecule has 0 saturated heterocycles. The van der Waals surface area contributed by atoms with Crippen LogP contribution in [0, 0.1) is 0 Å². The minimum atomic E-state index is -4.25. The Labute approximate surface area is 87.3 Å². The number of nitrogens with one attached hydrogen (secondary N) is 1. The van der Waals surface area contributed by atoms with Crippen LogP contribution in [0.3, 0.4) is 0 Å². The Hall–Kier alpha value is -1.03. The lowest BCUT2D eigenvalue weighted by atomic mass is 10.0. The quantitative estimate of drug-likeness (QED) is 0.820. The van der Waals surface area contributed by atoms with Gasteiger partial charge in [-0.25, -0.2) is 0 Å². The third-order valence-corrected chi connectivity index (χ3v) is 2.31. The Balaban J connectivity index is 3.02. The summed E-state index contributed by atoms with van der Waals surface area (Å²) in [5.41, 5.74) is 1.18. The average molecular weight is 217 g/mol. The Kier molecular flexibility index (Phi) is 3.74. The Bertz CT molecular complexity index is 320. The summed E-state index contributed by atoms with van der Waals surface area (Å²) < 4.78 is 37.7. The van der Waals surface area contributed by atoms with Crippen LogP contribution in [0.2, 0.25) is 0 Å². The second-order valence-electron chi connectivity index (χ2n) is 3.36. The van der Waals surface area contributed by atoms with Gasteiger partial charge < -0.3 is 5.32 Å². The van der Waals surface area contributed by atoms with Gasteiger partial charge in [-0.15, -0.1) is 0 Å². The number of rotatable bonds is 3. The van der Waals surface area contributed by atoms with E-state index in [2.05, 4.69) is 5.32 Å². The minimum Gasteiger partial charge on any atom is -0.306 e. The molecule has 0 spiro atoms. The van der Waals surface area contributed by atoms with Crippen LogP contribution in [-0.4, -0.2) is 13.2 Å². The minimum absolute atomic E-state index is 0.268. The van der Waals surface area contributed by atoms with E-state index in [4.69, 9.17) is 0 Å². The van der Waals surface area contributed by atoms with Crippen LogP contribution >= 0.6 is 0 Å². The number of aryl methyl sites for hydroxylation is 1. The highest BCUT2D eigenvalue weighted by Crippen LogP contribution is 2.32. The highest BCUT2D eigenvalue weighted by molar-refractivity contribution is 5.27. The third-order valence-electron chi connectivity index (χ3n) is 2.31. The zero-order valence-corrected chi connectivity index (χ0v) is 8.73. The maximum absolute atomic E-state index is 12.6. The molecule has 0 fully saturated rings. The van der Waals surface area contributed by atoms with Gasteiger partial charge in [-0.05, 0) is 24.6 Å². The van der Waals surface area contributed by atoms with Crippen LogP contribution in [0.4, 0.5) is 13.2 Å². The van der Waals surface area contributed by atoms with Crippen molar-refractivity contribution >= 4 is 0 Å². The number of alkyl halides is 3. The van der Waals surface area contributed by atoms with Crippen molar-refractivity contribution < 1.29 is 13.2 Å². The molecule has 1 aromatic rings. The van der Waals surface area contributed by atoms with Gasteiger partial charge in [0.2, 0.25) is 0 Å². The molecule has 0 aromatic heterocycles. The topological polar surface area (TPSA) is 12.0 Å². The van der Waals surface area contributed by atoms with Crippen molar-refractivity contribution in [3.8, 4) is 0 Å². The lowest BCUT2D eigenvalue weighted by Gasteiger charge is -2.20. The first-order chi connectivity index (χ1) is 6.99. The van der Waals surface area contributed by atoms with Gasteiger partial charge in [-0.2, -0.15) is 13.2 Å². The van der Waals surface area contributed by atoms with Crippen LogP contribution < -0.4 is 5.32 Å². The Morgan fingerprint density at radius 2 is 2.00 bits per heavy atom. The van der Waals surface area contributed by atoms with E-state index in [1.165, 1.54) is 13.1 Å². The largest absolute Gasteiger partial charge is 0.407 e. The van der Waals surface area contributed by atoms with Crippen molar-refractivity contribution in [2.75, 3.05) is 7.05 Å². The van der Waals surface area contributed by atoms with Gasteiger partial charge in [0, 0.05) is 0 Å². The predicted octanol–water partition coefficient (Wildman–Crippen LogP) is 3.07. The van der Waals surface area contributed by atoms with E-state index in [9.17, 15) is 13.2 Å². The Morgan fingerprint density at radius 1 is 1.33 bits per heavy atom. The van der Waals surface area contributed by atoms with Crippen molar-refractivity contribution in [3.63, 3.8) is 0 Å². The van der Waals surface area contributed by atoms with Crippen molar-refractivity contribution in [1.29, 1.82) is 0 Å². The van der Waals surface area contributed by atoms with E-state index in [1.807, 2.05) is 13.0 Å². The van der Waals surface area contributed by atoms with E-state index < -0.39 is 12.2 Å². The lowest BCUT2D eigenvalue weighted by molar-refractivity contribution is -0.156. The van der Waals surface area contributed by atoms with E-state index in [1.54, 1.807) is 12.1 Å². The normalized spacial score (nSPS) is 13.9. The summed E-state index contributed by atoms with van der Waals surface area (Å²) in [7, 11) is 1.32. The first-order valence-corrected chi connectivity index (χ1v) is 4.81. The van der Waals surface area contributed by atoms with Gasteiger partial charge in [0.1, 0.15) is 6.04 Å². The molecule has 0 bridgehead atoms. The molecule has 0 saturated carbocycles. The number of hydrogen-bond donors (Lipinski definition) is 1. The summed E-state index contributed by atoms with van der Waals surface area (Å²) in [5, 5.41) is 2.28. The molecule has 1 nitrogen and oxygen atoms in total.